The van der Waals surface area contributed by atoms with Gasteiger partial charge in [0, 0.05) is 12.1 Å². The molecular weight excluding hydrogens is 478 g/mol. The zero-order valence-electron chi connectivity index (χ0n) is 25.8. The first-order valence-electron chi connectivity index (χ1n) is 14.1. The molecule has 0 saturated heterocycles. The fourth-order valence-corrected chi connectivity index (χ4v) is 4.36. The van der Waals surface area contributed by atoms with Crippen molar-refractivity contribution in [3.63, 3.8) is 0 Å². The minimum atomic E-state index is -0.821. The molecule has 2 atom stereocenters. The zero-order valence-corrected chi connectivity index (χ0v) is 25.8. The fraction of sp³-hybridized carbons (Fsp3) is 0.710. The maximum atomic E-state index is 14.3. The Bertz CT molecular complexity index is 928. The summed E-state index contributed by atoms with van der Waals surface area (Å²) in [5, 5.41) is 5.93. The smallest absolute Gasteiger partial charge is 0.408 e. The number of hydrogen-bond donors (Lipinski definition) is 2. The van der Waals surface area contributed by atoms with Crippen molar-refractivity contribution in [2.75, 3.05) is 6.54 Å². The number of alkyl carbamates (subject to hydrolysis) is 1. The number of hydrogen-bond acceptors (Lipinski definition) is 4. The Kier molecular flexibility index (Phi) is 12.8. The number of nitrogens with zero attached hydrogens (tertiary/aromatic N) is 1. The van der Waals surface area contributed by atoms with E-state index in [2.05, 4.69) is 17.6 Å². The maximum Gasteiger partial charge on any atom is 0.408 e. The number of carbonyl (C=O) groups is 3. The van der Waals surface area contributed by atoms with Crippen LogP contribution in [-0.4, -0.2) is 46.5 Å². The molecule has 2 N–H and O–H groups in total. The molecule has 216 valence electrons. The van der Waals surface area contributed by atoms with E-state index in [4.69, 9.17) is 4.74 Å². The Balaban J connectivity index is 3.61. The second-order valence-corrected chi connectivity index (χ2v) is 12.9. The Morgan fingerprint density at radius 3 is 2.13 bits per heavy atom. The van der Waals surface area contributed by atoms with Crippen molar-refractivity contribution in [3.05, 3.63) is 34.9 Å². The number of unbranched alkanes of at least 4 members (excludes halogenated alkanes) is 3. The molecule has 0 saturated carbocycles. The summed E-state index contributed by atoms with van der Waals surface area (Å²) < 4.78 is 5.49. The monoisotopic (exact) mass is 531 g/mol. The van der Waals surface area contributed by atoms with Gasteiger partial charge >= 0.3 is 6.09 Å². The number of ether oxygens (including phenoxy) is 1. The van der Waals surface area contributed by atoms with Gasteiger partial charge in [0.05, 0.1) is 0 Å². The summed E-state index contributed by atoms with van der Waals surface area (Å²) in [5.41, 5.74) is 1.59. The van der Waals surface area contributed by atoms with Crippen LogP contribution in [0.15, 0.2) is 18.2 Å². The van der Waals surface area contributed by atoms with E-state index in [0.717, 1.165) is 42.4 Å². The van der Waals surface area contributed by atoms with Gasteiger partial charge in [-0.05, 0) is 85.3 Å². The van der Waals surface area contributed by atoms with Gasteiger partial charge in [0.15, 0.2) is 0 Å². The molecule has 1 aromatic carbocycles. The Hall–Kier alpha value is -2.57. The van der Waals surface area contributed by atoms with Crippen LogP contribution in [0.1, 0.15) is 117 Å². The topological polar surface area (TPSA) is 87.7 Å². The SMILES string of the molecule is CCCCCCN(C(=O)C(CC(C)C)NC(=O)OC(C)(C)C)C(C(=O)NC(C)(C)C)c1cc(C)ccc1C. The van der Waals surface area contributed by atoms with Gasteiger partial charge in [-0.15, -0.1) is 0 Å². The fourth-order valence-electron chi connectivity index (χ4n) is 4.36. The van der Waals surface area contributed by atoms with Crippen LogP contribution in [0.25, 0.3) is 0 Å². The molecule has 7 nitrogen and oxygen atoms in total. The molecule has 7 heteroatoms. The van der Waals surface area contributed by atoms with Crippen LogP contribution in [0.4, 0.5) is 4.79 Å². The van der Waals surface area contributed by atoms with Crippen LogP contribution in [0.5, 0.6) is 0 Å². The molecule has 1 aromatic rings. The summed E-state index contributed by atoms with van der Waals surface area (Å²) in [6.45, 7) is 21.7. The summed E-state index contributed by atoms with van der Waals surface area (Å²) in [4.78, 5) is 42.6. The second kappa shape index (κ2) is 14.5. The Morgan fingerprint density at radius 1 is 0.974 bits per heavy atom. The van der Waals surface area contributed by atoms with Gasteiger partial charge < -0.3 is 20.3 Å². The van der Waals surface area contributed by atoms with Gasteiger partial charge in [0.2, 0.25) is 11.8 Å². The lowest BCUT2D eigenvalue weighted by molar-refractivity contribution is -0.143. The number of amides is 3. The summed E-state index contributed by atoms with van der Waals surface area (Å²) in [5.74, 6) is -0.352. The lowest BCUT2D eigenvalue weighted by atomic mass is 9.94. The molecule has 0 spiro atoms. The van der Waals surface area contributed by atoms with E-state index in [1.807, 2.05) is 66.7 Å². The molecule has 0 aliphatic carbocycles. The molecule has 0 heterocycles. The van der Waals surface area contributed by atoms with E-state index in [1.165, 1.54) is 0 Å². The normalized spacial score (nSPS) is 13.6. The average molecular weight is 532 g/mol. The van der Waals surface area contributed by atoms with Crippen molar-refractivity contribution in [1.82, 2.24) is 15.5 Å². The van der Waals surface area contributed by atoms with Crippen molar-refractivity contribution in [3.8, 4) is 0 Å². The molecule has 2 unspecified atom stereocenters. The average Bonchev–Trinajstić information content (AvgIpc) is 2.74. The summed E-state index contributed by atoms with van der Waals surface area (Å²) >= 11 is 0. The van der Waals surface area contributed by atoms with E-state index in [1.54, 1.807) is 25.7 Å². The van der Waals surface area contributed by atoms with Gasteiger partial charge in [0.1, 0.15) is 17.7 Å². The minimum absolute atomic E-state index is 0.142. The van der Waals surface area contributed by atoms with E-state index >= 15 is 0 Å². The number of carbonyl (C=O) groups excluding carboxylic acids is 3. The third-order valence-electron chi connectivity index (χ3n) is 6.02. The standard InChI is InChI=1S/C31H53N3O4/c1-12-13-14-15-18-34(28(36)25(19-21(2)3)32-29(37)38-31(9,10)11)26(27(35)33-30(6,7)8)24-20-22(4)16-17-23(24)5/h16-17,20-21,25-26H,12-15,18-19H2,1-11H3,(H,32,37)(H,33,35). The van der Waals surface area contributed by atoms with Crippen LogP contribution >= 0.6 is 0 Å². The molecule has 0 aromatic heterocycles. The summed E-state index contributed by atoms with van der Waals surface area (Å²) in [6, 6.07) is 4.36. The largest absolute Gasteiger partial charge is 0.444 e. The summed E-state index contributed by atoms with van der Waals surface area (Å²) in [7, 11) is 0. The number of benzene rings is 1. The molecule has 0 aliphatic heterocycles. The third-order valence-corrected chi connectivity index (χ3v) is 6.02. The van der Waals surface area contributed by atoms with Crippen molar-refractivity contribution < 1.29 is 19.1 Å². The Morgan fingerprint density at radius 2 is 1.61 bits per heavy atom. The lowest BCUT2D eigenvalue weighted by Crippen LogP contribution is -2.55. The molecular formula is C31H53N3O4. The van der Waals surface area contributed by atoms with Gasteiger partial charge in [-0.2, -0.15) is 0 Å². The van der Waals surface area contributed by atoms with Crippen LogP contribution < -0.4 is 10.6 Å². The molecule has 1 rings (SSSR count). The quantitative estimate of drug-likeness (QED) is 0.297. The van der Waals surface area contributed by atoms with E-state index in [9.17, 15) is 14.4 Å². The highest BCUT2D eigenvalue weighted by molar-refractivity contribution is 5.92. The van der Waals surface area contributed by atoms with Gasteiger partial charge in [0.25, 0.3) is 0 Å². The molecule has 38 heavy (non-hydrogen) atoms. The zero-order chi connectivity index (χ0) is 29.3. The predicted molar refractivity (Wildman–Crippen MR) is 155 cm³/mol. The number of nitrogens with one attached hydrogen (secondary N) is 2. The second-order valence-electron chi connectivity index (χ2n) is 12.9. The third kappa shape index (κ3) is 11.9. The van der Waals surface area contributed by atoms with E-state index in [-0.39, 0.29) is 17.7 Å². The van der Waals surface area contributed by atoms with Crippen LogP contribution in [-0.2, 0) is 14.3 Å². The molecule has 0 fully saturated rings. The van der Waals surface area contributed by atoms with Crippen LogP contribution in [0.2, 0.25) is 0 Å². The predicted octanol–water partition coefficient (Wildman–Crippen LogP) is 6.61. The highest BCUT2D eigenvalue weighted by Crippen LogP contribution is 2.29. The van der Waals surface area contributed by atoms with Crippen molar-refractivity contribution in [2.24, 2.45) is 5.92 Å². The number of rotatable bonds is 12. The molecule has 3 amide bonds. The number of aryl methyl sites for hydroxylation is 2. The van der Waals surface area contributed by atoms with Gasteiger partial charge in [-0.3, -0.25) is 9.59 Å². The van der Waals surface area contributed by atoms with Crippen molar-refractivity contribution in [1.29, 1.82) is 0 Å². The first kappa shape index (κ1) is 33.5. The molecule has 0 aliphatic rings. The Labute approximate surface area is 231 Å². The first-order chi connectivity index (χ1) is 17.4. The van der Waals surface area contributed by atoms with Crippen molar-refractivity contribution >= 4 is 17.9 Å². The maximum absolute atomic E-state index is 14.3. The first-order valence-corrected chi connectivity index (χ1v) is 14.1. The van der Waals surface area contributed by atoms with E-state index in [0.29, 0.717) is 13.0 Å². The van der Waals surface area contributed by atoms with Gasteiger partial charge in [-0.1, -0.05) is 63.8 Å². The highest BCUT2D eigenvalue weighted by Gasteiger charge is 2.38. The van der Waals surface area contributed by atoms with Gasteiger partial charge in [-0.25, -0.2) is 4.79 Å². The van der Waals surface area contributed by atoms with Crippen molar-refractivity contribution in [2.45, 2.75) is 131 Å². The molecule has 0 bridgehead atoms. The summed E-state index contributed by atoms with van der Waals surface area (Å²) in [6.07, 6.45) is 3.64. The van der Waals surface area contributed by atoms with Crippen LogP contribution in [0, 0.1) is 19.8 Å². The minimum Gasteiger partial charge on any atom is -0.444 e. The highest BCUT2D eigenvalue weighted by atomic mass is 16.6. The lowest BCUT2D eigenvalue weighted by Gasteiger charge is -2.37. The molecule has 0 radical (unpaired) electrons. The van der Waals surface area contributed by atoms with Crippen LogP contribution in [0.3, 0.4) is 0 Å². The van der Waals surface area contributed by atoms with E-state index < -0.39 is 29.3 Å².